The second-order valence-electron chi connectivity index (χ2n) is 17.0. The average molecular weight is 669 g/mol. The predicted octanol–water partition coefficient (Wildman–Crippen LogP) is 13.9. The van der Waals surface area contributed by atoms with E-state index in [2.05, 4.69) is 184 Å². The summed E-state index contributed by atoms with van der Waals surface area (Å²) in [6.45, 7) is 13.7. The molecule has 2 nitrogen and oxygen atoms in total. The van der Waals surface area contributed by atoms with Gasteiger partial charge in [0, 0.05) is 43.1 Å². The van der Waals surface area contributed by atoms with Gasteiger partial charge in [-0.15, -0.1) is 0 Å². The summed E-state index contributed by atoms with van der Waals surface area (Å²) in [5, 5.41) is 10.7. The molecule has 0 fully saturated rings. The topological polar surface area (TPSA) is 8.82 Å². The lowest BCUT2D eigenvalue weighted by Gasteiger charge is -2.19. The molecular weight excluding hydrogens is 629 g/mol. The summed E-state index contributed by atoms with van der Waals surface area (Å²) in [7, 11) is 0. The standard InChI is InChI=1S/C50H40N2/c1-49(2,3)33-21-15-29(16-22-33)31-19-25-37-41(27-31)51-39-13-9-7-11-35(39)44-46-38-26-20-32(30-17-23-34(24-18-30)50(4,5)6)28-42(38)52-40-14-10-8-12-36(40)43(48(46)52)45(37)47(44)51/h7-28H,1-6H3. The van der Waals surface area contributed by atoms with Gasteiger partial charge in [-0.25, -0.2) is 0 Å². The Kier molecular flexibility index (Phi) is 5.69. The molecule has 4 heterocycles. The van der Waals surface area contributed by atoms with E-state index in [9.17, 15) is 0 Å². The molecule has 0 N–H and O–H groups in total. The van der Waals surface area contributed by atoms with Crippen LogP contribution in [0.15, 0.2) is 133 Å². The van der Waals surface area contributed by atoms with Gasteiger partial charge >= 0.3 is 0 Å². The molecule has 0 unspecified atom stereocenters. The van der Waals surface area contributed by atoms with Gasteiger partial charge in [-0.2, -0.15) is 0 Å². The fourth-order valence-corrected chi connectivity index (χ4v) is 9.26. The quantitative estimate of drug-likeness (QED) is 0.173. The first kappa shape index (κ1) is 29.8. The molecular formula is C50H40N2. The van der Waals surface area contributed by atoms with Gasteiger partial charge in [0.05, 0.1) is 33.1 Å². The van der Waals surface area contributed by atoms with Crippen LogP contribution < -0.4 is 0 Å². The highest BCUT2D eigenvalue weighted by Gasteiger charge is 2.28. The summed E-state index contributed by atoms with van der Waals surface area (Å²) in [5.74, 6) is 0. The number of para-hydroxylation sites is 2. The molecule has 0 saturated carbocycles. The van der Waals surface area contributed by atoms with E-state index in [1.165, 1.54) is 110 Å². The maximum Gasteiger partial charge on any atom is 0.0634 e. The smallest absolute Gasteiger partial charge is 0.0634 e. The Morgan fingerprint density at radius 2 is 0.654 bits per heavy atom. The van der Waals surface area contributed by atoms with Gasteiger partial charge in [-0.05, 0) is 68.5 Å². The minimum atomic E-state index is 0.124. The zero-order chi connectivity index (χ0) is 35.3. The van der Waals surface area contributed by atoms with Crippen molar-refractivity contribution < 1.29 is 0 Å². The lowest BCUT2D eigenvalue weighted by Crippen LogP contribution is -2.10. The Labute approximate surface area is 303 Å². The van der Waals surface area contributed by atoms with Crippen molar-refractivity contribution in [3.05, 3.63) is 145 Å². The second kappa shape index (κ2) is 9.92. The predicted molar refractivity (Wildman–Crippen MR) is 224 cm³/mol. The lowest BCUT2D eigenvalue weighted by atomic mass is 9.86. The lowest BCUT2D eigenvalue weighted by molar-refractivity contribution is 0.590. The van der Waals surface area contributed by atoms with E-state index < -0.39 is 0 Å². The number of aromatic nitrogens is 2. The van der Waals surface area contributed by atoms with E-state index in [1.54, 1.807) is 0 Å². The van der Waals surface area contributed by atoms with Crippen LogP contribution in [0.4, 0.5) is 0 Å². The molecule has 0 aliphatic heterocycles. The Morgan fingerprint density at radius 3 is 1.02 bits per heavy atom. The third-order valence-corrected chi connectivity index (χ3v) is 11.9. The van der Waals surface area contributed by atoms with Crippen molar-refractivity contribution in [2.75, 3.05) is 0 Å². The third-order valence-electron chi connectivity index (χ3n) is 11.9. The van der Waals surface area contributed by atoms with Gasteiger partial charge < -0.3 is 8.80 Å². The number of rotatable bonds is 2. The van der Waals surface area contributed by atoms with Gasteiger partial charge in [0.2, 0.25) is 0 Å². The Morgan fingerprint density at radius 1 is 0.327 bits per heavy atom. The van der Waals surface area contributed by atoms with Crippen molar-refractivity contribution in [2.45, 2.75) is 52.4 Å². The van der Waals surface area contributed by atoms with Gasteiger partial charge in [0.15, 0.2) is 0 Å². The zero-order valence-corrected chi connectivity index (χ0v) is 30.6. The van der Waals surface area contributed by atoms with E-state index in [0.29, 0.717) is 0 Å². The SMILES string of the molecule is CC(C)(C)c1ccc(-c2ccc3c4c5c6ccccc6n6c7cc(-c8ccc(C(C)(C)C)cc8)ccc7c(c7c8ccccc8n(c3c2)c74)c56)cc1. The summed E-state index contributed by atoms with van der Waals surface area (Å²) in [6, 6.07) is 50.7. The average Bonchev–Trinajstić information content (AvgIpc) is 3.87. The van der Waals surface area contributed by atoms with Crippen LogP contribution in [-0.4, -0.2) is 8.80 Å². The van der Waals surface area contributed by atoms with Crippen LogP contribution in [0.3, 0.4) is 0 Å². The van der Waals surface area contributed by atoms with Crippen molar-refractivity contribution in [2.24, 2.45) is 0 Å². The van der Waals surface area contributed by atoms with Crippen LogP contribution >= 0.6 is 0 Å². The Balaban J connectivity index is 1.27. The molecule has 0 radical (unpaired) electrons. The summed E-state index contributed by atoms with van der Waals surface area (Å²) in [5.41, 5.74) is 15.7. The van der Waals surface area contributed by atoms with E-state index in [-0.39, 0.29) is 10.8 Å². The normalized spacial score (nSPS) is 13.2. The molecule has 4 aromatic heterocycles. The van der Waals surface area contributed by atoms with Crippen molar-refractivity contribution in [1.82, 2.24) is 8.80 Å². The first-order valence-electron chi connectivity index (χ1n) is 18.6. The van der Waals surface area contributed by atoms with Crippen molar-refractivity contribution >= 4 is 76.2 Å². The first-order chi connectivity index (χ1) is 25.1. The molecule has 2 heteroatoms. The number of nitrogens with zero attached hydrogens (tertiary/aromatic N) is 2. The summed E-state index contributed by atoms with van der Waals surface area (Å²) >= 11 is 0. The Hall–Kier alpha value is -5.86. The number of hydrogen-bond donors (Lipinski definition) is 0. The first-order valence-corrected chi connectivity index (χ1v) is 18.6. The monoisotopic (exact) mass is 668 g/mol. The largest absolute Gasteiger partial charge is 0.308 e. The van der Waals surface area contributed by atoms with Gasteiger partial charge in [0.1, 0.15) is 0 Å². The second-order valence-corrected chi connectivity index (χ2v) is 17.0. The molecule has 0 atom stereocenters. The maximum absolute atomic E-state index is 2.56. The van der Waals surface area contributed by atoms with Crippen LogP contribution in [0.25, 0.3) is 98.4 Å². The molecule has 0 amide bonds. The molecule has 7 aromatic carbocycles. The van der Waals surface area contributed by atoms with E-state index >= 15 is 0 Å². The van der Waals surface area contributed by atoms with E-state index in [4.69, 9.17) is 0 Å². The highest BCUT2D eigenvalue weighted by atomic mass is 14.9. The van der Waals surface area contributed by atoms with E-state index in [0.717, 1.165) is 0 Å². The summed E-state index contributed by atoms with van der Waals surface area (Å²) in [6.07, 6.45) is 0. The van der Waals surface area contributed by atoms with Gasteiger partial charge in [-0.3, -0.25) is 0 Å². The maximum atomic E-state index is 2.56. The third kappa shape index (κ3) is 3.85. The van der Waals surface area contributed by atoms with Gasteiger partial charge in [0.25, 0.3) is 0 Å². The fraction of sp³-hybridized carbons (Fsp3) is 0.160. The molecule has 0 spiro atoms. The van der Waals surface area contributed by atoms with Crippen LogP contribution in [0.1, 0.15) is 52.7 Å². The summed E-state index contributed by atoms with van der Waals surface area (Å²) < 4.78 is 5.13. The molecule has 52 heavy (non-hydrogen) atoms. The molecule has 11 rings (SSSR count). The van der Waals surface area contributed by atoms with Crippen molar-refractivity contribution in [3.8, 4) is 22.3 Å². The molecule has 0 aliphatic carbocycles. The van der Waals surface area contributed by atoms with Crippen LogP contribution in [0.2, 0.25) is 0 Å². The van der Waals surface area contributed by atoms with Crippen LogP contribution in [-0.2, 0) is 10.8 Å². The molecule has 250 valence electrons. The van der Waals surface area contributed by atoms with Crippen molar-refractivity contribution in [1.29, 1.82) is 0 Å². The van der Waals surface area contributed by atoms with Crippen molar-refractivity contribution in [3.63, 3.8) is 0 Å². The fourth-order valence-electron chi connectivity index (χ4n) is 9.26. The summed E-state index contributed by atoms with van der Waals surface area (Å²) in [4.78, 5) is 0. The highest BCUT2D eigenvalue weighted by Crippen LogP contribution is 2.52. The van der Waals surface area contributed by atoms with Gasteiger partial charge in [-0.1, -0.05) is 151 Å². The molecule has 11 aromatic rings. The number of benzene rings is 7. The zero-order valence-electron chi connectivity index (χ0n) is 30.6. The number of hydrogen-bond acceptors (Lipinski definition) is 0. The molecule has 0 aliphatic rings. The molecule has 0 bridgehead atoms. The highest BCUT2D eigenvalue weighted by molar-refractivity contribution is 6.45. The van der Waals surface area contributed by atoms with Crippen LogP contribution in [0, 0.1) is 0 Å². The van der Waals surface area contributed by atoms with Crippen LogP contribution in [0.5, 0.6) is 0 Å². The molecule has 0 saturated heterocycles. The minimum Gasteiger partial charge on any atom is -0.308 e. The number of fused-ring (bicyclic) bond motifs is 14. The van der Waals surface area contributed by atoms with E-state index in [1.807, 2.05) is 0 Å². The minimum absolute atomic E-state index is 0.124. The Bertz CT molecular complexity index is 2990.